The van der Waals surface area contributed by atoms with E-state index < -0.39 is 0 Å². The van der Waals surface area contributed by atoms with Gasteiger partial charge in [0.1, 0.15) is 0 Å². The molecule has 0 fully saturated rings. The predicted octanol–water partition coefficient (Wildman–Crippen LogP) is 9.40. The summed E-state index contributed by atoms with van der Waals surface area (Å²) in [5.41, 5.74) is 6.54. The zero-order valence-electron chi connectivity index (χ0n) is 18.9. The van der Waals surface area contributed by atoms with Crippen molar-refractivity contribution in [3.05, 3.63) is 115 Å². The molecule has 2 heterocycles. The minimum atomic E-state index is 1.28. The minimum Gasteiger partial charge on any atom is -0.307 e. The van der Waals surface area contributed by atoms with Crippen LogP contribution in [0, 0.1) is 0 Å². The maximum absolute atomic E-state index is 2.55. The van der Waals surface area contributed by atoms with Gasteiger partial charge in [-0.15, -0.1) is 0 Å². The van der Waals surface area contributed by atoms with Crippen molar-refractivity contribution >= 4 is 70.4 Å². The molecular weight excluding hydrogens is 422 g/mol. The predicted molar refractivity (Wildman–Crippen MR) is 150 cm³/mol. The maximum Gasteiger partial charge on any atom is 0.0627 e. The number of hydrogen-bond acceptors (Lipinski definition) is 0. The number of aromatic nitrogens is 1. The van der Waals surface area contributed by atoms with Gasteiger partial charge in [0.05, 0.1) is 16.6 Å². The lowest BCUT2D eigenvalue weighted by atomic mass is 9.90. The fraction of sp³-hybridized carbons (Fsp3) is 0. The zero-order chi connectivity index (χ0) is 22.7. The van der Waals surface area contributed by atoms with Crippen molar-refractivity contribution in [2.45, 2.75) is 0 Å². The smallest absolute Gasteiger partial charge is 0.0627 e. The lowest BCUT2D eigenvalue weighted by Gasteiger charge is -2.13. The Balaban J connectivity index is 1.65. The van der Waals surface area contributed by atoms with Gasteiger partial charge in [0.2, 0.25) is 0 Å². The van der Waals surface area contributed by atoms with E-state index in [1.807, 2.05) is 0 Å². The van der Waals surface area contributed by atoms with Crippen molar-refractivity contribution < 1.29 is 0 Å². The lowest BCUT2D eigenvalue weighted by molar-refractivity contribution is 1.37. The van der Waals surface area contributed by atoms with Gasteiger partial charge in [-0.05, 0) is 43.9 Å². The summed E-state index contributed by atoms with van der Waals surface area (Å²) >= 11 is 0. The van der Waals surface area contributed by atoms with Gasteiger partial charge in [-0.3, -0.25) is 0 Å². The first-order valence-electron chi connectivity index (χ1n) is 12.2. The molecule has 0 atom stereocenters. The monoisotopic (exact) mass is 441 g/mol. The summed E-state index contributed by atoms with van der Waals surface area (Å²) in [5, 5.41) is 13.4. The fourth-order valence-electron chi connectivity index (χ4n) is 6.70. The average Bonchev–Trinajstić information content (AvgIpc) is 3.45. The first-order valence-corrected chi connectivity index (χ1v) is 12.2. The van der Waals surface area contributed by atoms with Crippen LogP contribution in [-0.4, -0.2) is 4.40 Å². The Morgan fingerprint density at radius 3 is 1.77 bits per heavy atom. The second-order valence-electron chi connectivity index (χ2n) is 9.69. The average molecular weight is 442 g/mol. The Labute approximate surface area is 201 Å². The van der Waals surface area contributed by atoms with Crippen molar-refractivity contribution in [1.82, 2.24) is 4.40 Å². The van der Waals surface area contributed by atoms with Crippen LogP contribution in [0.2, 0.25) is 0 Å². The fourth-order valence-corrected chi connectivity index (χ4v) is 6.70. The number of para-hydroxylation sites is 1. The van der Waals surface area contributed by atoms with Gasteiger partial charge in [0.25, 0.3) is 0 Å². The van der Waals surface area contributed by atoms with E-state index in [-0.39, 0.29) is 0 Å². The molecule has 7 aromatic carbocycles. The van der Waals surface area contributed by atoms with E-state index in [1.54, 1.807) is 0 Å². The van der Waals surface area contributed by atoms with Crippen molar-refractivity contribution in [3.63, 3.8) is 0 Å². The van der Waals surface area contributed by atoms with Crippen LogP contribution in [0.25, 0.3) is 81.5 Å². The molecule has 1 heteroatoms. The molecule has 0 amide bonds. The summed E-state index contributed by atoms with van der Waals surface area (Å²) in [6.45, 7) is 0. The highest BCUT2D eigenvalue weighted by Gasteiger charge is 2.24. The van der Waals surface area contributed by atoms with Gasteiger partial charge >= 0.3 is 0 Å². The van der Waals surface area contributed by atoms with Crippen LogP contribution >= 0.6 is 0 Å². The Hall–Kier alpha value is -4.62. The van der Waals surface area contributed by atoms with Crippen LogP contribution in [0.1, 0.15) is 0 Å². The van der Waals surface area contributed by atoms with E-state index in [9.17, 15) is 0 Å². The maximum atomic E-state index is 2.55. The number of hydrogen-bond donors (Lipinski definition) is 0. The molecule has 2 aromatic heterocycles. The van der Waals surface area contributed by atoms with Gasteiger partial charge in [-0.2, -0.15) is 0 Å². The van der Waals surface area contributed by atoms with Crippen LogP contribution in [0.5, 0.6) is 0 Å². The quantitative estimate of drug-likeness (QED) is 0.223. The Kier molecular flexibility index (Phi) is 3.09. The van der Waals surface area contributed by atoms with Crippen LogP contribution < -0.4 is 0 Å². The molecule has 0 aliphatic rings. The Morgan fingerprint density at radius 1 is 0.343 bits per heavy atom. The van der Waals surface area contributed by atoms with E-state index in [0.29, 0.717) is 0 Å². The third kappa shape index (κ3) is 2.02. The number of nitrogens with zero attached hydrogens (tertiary/aromatic N) is 1. The number of fused-ring (bicyclic) bond motifs is 8. The number of rotatable bonds is 1. The molecule has 0 spiro atoms. The largest absolute Gasteiger partial charge is 0.307 e. The second-order valence-corrected chi connectivity index (χ2v) is 9.69. The molecule has 0 bridgehead atoms. The van der Waals surface area contributed by atoms with E-state index >= 15 is 0 Å². The summed E-state index contributed by atoms with van der Waals surface area (Å²) in [6.07, 6.45) is 0. The highest BCUT2D eigenvalue weighted by atomic mass is 14.9. The normalized spacial score (nSPS) is 12.6. The van der Waals surface area contributed by atoms with E-state index in [4.69, 9.17) is 0 Å². The lowest BCUT2D eigenvalue weighted by Crippen LogP contribution is -1.89. The molecule has 0 unspecified atom stereocenters. The van der Waals surface area contributed by atoms with E-state index in [1.165, 1.54) is 81.5 Å². The van der Waals surface area contributed by atoms with Gasteiger partial charge in [0, 0.05) is 27.1 Å². The van der Waals surface area contributed by atoms with Crippen LogP contribution in [0.15, 0.2) is 115 Å². The van der Waals surface area contributed by atoms with E-state index in [0.717, 1.165) is 0 Å². The summed E-state index contributed by atoms with van der Waals surface area (Å²) in [7, 11) is 0. The highest BCUT2D eigenvalue weighted by Crippen LogP contribution is 2.49. The molecular formula is C34H19N. The van der Waals surface area contributed by atoms with Gasteiger partial charge in [0.15, 0.2) is 0 Å². The van der Waals surface area contributed by atoms with Crippen molar-refractivity contribution in [2.75, 3.05) is 0 Å². The first kappa shape index (κ1) is 17.8. The van der Waals surface area contributed by atoms with E-state index in [2.05, 4.69) is 120 Å². The standard InChI is InChI=1S/C34H19N/c1-2-10-21-20(8-1)9-7-14-22(21)28-18-16-26-23-11-3-4-12-24(23)27-17-19-29-25-13-5-6-15-30(25)35-33(28)31(26)32(27)34(29)35/h1-19H. The zero-order valence-corrected chi connectivity index (χ0v) is 18.9. The summed E-state index contributed by atoms with van der Waals surface area (Å²) in [5.74, 6) is 0. The topological polar surface area (TPSA) is 4.41 Å². The first-order chi connectivity index (χ1) is 17.4. The van der Waals surface area contributed by atoms with Crippen LogP contribution in [0.4, 0.5) is 0 Å². The van der Waals surface area contributed by atoms with Crippen LogP contribution in [-0.2, 0) is 0 Å². The van der Waals surface area contributed by atoms with Gasteiger partial charge in [-0.25, -0.2) is 0 Å². The Morgan fingerprint density at radius 2 is 0.943 bits per heavy atom. The van der Waals surface area contributed by atoms with Gasteiger partial charge in [-0.1, -0.05) is 109 Å². The highest BCUT2D eigenvalue weighted by molar-refractivity contribution is 6.40. The number of benzene rings is 7. The summed E-state index contributed by atoms with van der Waals surface area (Å²) < 4.78 is 2.55. The molecule has 160 valence electrons. The van der Waals surface area contributed by atoms with Crippen molar-refractivity contribution in [2.24, 2.45) is 0 Å². The molecule has 0 aliphatic heterocycles. The molecule has 0 aliphatic carbocycles. The van der Waals surface area contributed by atoms with Crippen molar-refractivity contribution in [3.8, 4) is 11.1 Å². The SMILES string of the molecule is c1ccc2c(-c3ccc4c5ccccc5c5ccc6c7ccccc7n7c3c4c5c67)cccc2c1. The molecule has 35 heavy (non-hydrogen) atoms. The minimum absolute atomic E-state index is 1.28. The molecule has 9 rings (SSSR count). The summed E-state index contributed by atoms with van der Waals surface area (Å²) in [4.78, 5) is 0. The second kappa shape index (κ2) is 6.08. The van der Waals surface area contributed by atoms with Crippen LogP contribution in [0.3, 0.4) is 0 Å². The molecule has 0 radical (unpaired) electrons. The summed E-state index contributed by atoms with van der Waals surface area (Å²) in [6, 6.07) is 42.6. The molecule has 0 N–H and O–H groups in total. The van der Waals surface area contributed by atoms with Gasteiger partial charge < -0.3 is 4.40 Å². The van der Waals surface area contributed by atoms with Crippen molar-refractivity contribution in [1.29, 1.82) is 0 Å². The molecule has 1 nitrogen and oxygen atoms in total. The Bertz CT molecular complexity index is 2260. The third-order valence-corrected chi connectivity index (χ3v) is 8.08. The third-order valence-electron chi connectivity index (χ3n) is 8.08. The molecule has 0 saturated heterocycles. The molecule has 9 aromatic rings. The molecule has 0 saturated carbocycles.